The van der Waals surface area contributed by atoms with Gasteiger partial charge in [0, 0.05) is 18.0 Å². The number of carbonyl (C=O) groups excluding carboxylic acids is 1. The number of benzene rings is 1. The van der Waals surface area contributed by atoms with E-state index >= 15 is 0 Å². The lowest BCUT2D eigenvalue weighted by Gasteiger charge is -2.27. The summed E-state index contributed by atoms with van der Waals surface area (Å²) in [7, 11) is 0. The molecule has 0 aliphatic heterocycles. The van der Waals surface area contributed by atoms with E-state index in [9.17, 15) is 4.79 Å². The number of rotatable bonds is 5. The number of nitrogens with zero attached hydrogens (tertiary/aromatic N) is 2. The minimum absolute atomic E-state index is 0.255. The Labute approximate surface area is 113 Å². The third-order valence-electron chi connectivity index (χ3n) is 3.08. The molecule has 1 aromatic carbocycles. The van der Waals surface area contributed by atoms with E-state index in [1.54, 1.807) is 0 Å². The number of pyridine rings is 1. The topological polar surface area (TPSA) is 33.2 Å². The highest BCUT2D eigenvalue weighted by molar-refractivity contribution is 5.91. The van der Waals surface area contributed by atoms with E-state index in [1.165, 1.54) is 0 Å². The maximum atomic E-state index is 11.3. The van der Waals surface area contributed by atoms with Crippen LogP contribution in [-0.2, 0) is 0 Å². The van der Waals surface area contributed by atoms with Crippen molar-refractivity contribution in [2.75, 3.05) is 11.4 Å². The smallest absolute Gasteiger partial charge is 0.153 e. The maximum absolute atomic E-state index is 11.3. The Morgan fingerprint density at radius 2 is 2.11 bits per heavy atom. The number of hydrogen-bond acceptors (Lipinski definition) is 3. The summed E-state index contributed by atoms with van der Waals surface area (Å²) < 4.78 is 0. The fourth-order valence-electron chi connectivity index (χ4n) is 2.12. The fourth-order valence-corrected chi connectivity index (χ4v) is 2.12. The first-order valence-electron chi connectivity index (χ1n) is 6.40. The van der Waals surface area contributed by atoms with Crippen LogP contribution in [0.3, 0.4) is 0 Å². The van der Waals surface area contributed by atoms with E-state index in [-0.39, 0.29) is 6.04 Å². The van der Waals surface area contributed by atoms with Gasteiger partial charge in [-0.3, -0.25) is 4.79 Å². The molecule has 0 amide bonds. The monoisotopic (exact) mass is 254 g/mol. The molecule has 0 saturated carbocycles. The zero-order chi connectivity index (χ0) is 13.8. The van der Waals surface area contributed by atoms with Crippen molar-refractivity contribution in [3.63, 3.8) is 0 Å². The minimum Gasteiger partial charge on any atom is -0.350 e. The van der Waals surface area contributed by atoms with Crippen LogP contribution >= 0.6 is 0 Å². The Balaban J connectivity index is 2.62. The molecule has 0 atom stereocenters. The highest BCUT2D eigenvalue weighted by atomic mass is 16.1. The molecule has 0 aliphatic carbocycles. The van der Waals surface area contributed by atoms with E-state index in [4.69, 9.17) is 0 Å². The molecule has 0 N–H and O–H groups in total. The Hall–Kier alpha value is -2.16. The first-order chi connectivity index (χ1) is 9.17. The molecular formula is C16H18N2O. The van der Waals surface area contributed by atoms with E-state index in [1.807, 2.05) is 36.4 Å². The summed E-state index contributed by atoms with van der Waals surface area (Å²) in [4.78, 5) is 18.0. The molecule has 0 unspecified atom stereocenters. The number of carbonyl (C=O) groups is 1. The molecule has 0 spiro atoms. The van der Waals surface area contributed by atoms with Crippen molar-refractivity contribution >= 4 is 23.0 Å². The Morgan fingerprint density at radius 3 is 2.74 bits per heavy atom. The normalized spacial score (nSPS) is 10.7. The van der Waals surface area contributed by atoms with Crippen LogP contribution in [0.25, 0.3) is 10.9 Å². The molecule has 1 heterocycles. The molecule has 0 radical (unpaired) electrons. The van der Waals surface area contributed by atoms with Gasteiger partial charge in [-0.2, -0.15) is 0 Å². The predicted molar refractivity (Wildman–Crippen MR) is 79.8 cm³/mol. The van der Waals surface area contributed by atoms with Crippen LogP contribution in [0.15, 0.2) is 43.0 Å². The van der Waals surface area contributed by atoms with Crippen molar-refractivity contribution in [1.29, 1.82) is 0 Å². The standard InChI is InChI=1S/C16H18N2O/c1-4-9-18(12(2)3)16-14(11-19)10-13-7-5-6-8-15(13)17-16/h4-8,10-12H,1,9H2,2-3H3. The lowest BCUT2D eigenvalue weighted by Crippen LogP contribution is -2.32. The molecule has 3 nitrogen and oxygen atoms in total. The zero-order valence-electron chi connectivity index (χ0n) is 11.3. The number of fused-ring (bicyclic) bond motifs is 1. The molecule has 0 fully saturated rings. The summed E-state index contributed by atoms with van der Waals surface area (Å²) in [6.45, 7) is 8.60. The molecule has 19 heavy (non-hydrogen) atoms. The molecule has 0 aliphatic rings. The number of aldehydes is 1. The van der Waals surface area contributed by atoms with Crippen molar-refractivity contribution in [2.24, 2.45) is 0 Å². The van der Waals surface area contributed by atoms with Crippen molar-refractivity contribution in [3.8, 4) is 0 Å². The van der Waals surface area contributed by atoms with Crippen LogP contribution < -0.4 is 4.90 Å². The molecule has 98 valence electrons. The average molecular weight is 254 g/mol. The summed E-state index contributed by atoms with van der Waals surface area (Å²) in [6, 6.07) is 9.97. The van der Waals surface area contributed by atoms with Gasteiger partial charge in [0.1, 0.15) is 5.82 Å². The summed E-state index contributed by atoms with van der Waals surface area (Å²) >= 11 is 0. The van der Waals surface area contributed by atoms with Gasteiger partial charge in [-0.05, 0) is 26.0 Å². The second-order valence-electron chi connectivity index (χ2n) is 4.75. The van der Waals surface area contributed by atoms with Gasteiger partial charge in [0.2, 0.25) is 0 Å². The van der Waals surface area contributed by atoms with Crippen LogP contribution in [0.1, 0.15) is 24.2 Å². The fraction of sp³-hybridized carbons (Fsp3) is 0.250. The van der Waals surface area contributed by atoms with Gasteiger partial charge in [-0.25, -0.2) is 4.98 Å². The highest BCUT2D eigenvalue weighted by Crippen LogP contribution is 2.23. The first-order valence-corrected chi connectivity index (χ1v) is 6.40. The van der Waals surface area contributed by atoms with Crippen LogP contribution in [0.2, 0.25) is 0 Å². The number of anilines is 1. The predicted octanol–water partition coefficient (Wildman–Crippen LogP) is 3.45. The summed E-state index contributed by atoms with van der Waals surface area (Å²) in [5.41, 5.74) is 1.52. The van der Waals surface area contributed by atoms with Crippen LogP contribution in [0, 0.1) is 0 Å². The molecule has 1 aromatic heterocycles. The van der Waals surface area contributed by atoms with Gasteiger partial charge in [0.25, 0.3) is 0 Å². The van der Waals surface area contributed by atoms with Crippen molar-refractivity contribution in [3.05, 3.63) is 48.6 Å². The van der Waals surface area contributed by atoms with Gasteiger partial charge in [0.15, 0.2) is 6.29 Å². The van der Waals surface area contributed by atoms with Crippen LogP contribution in [0.4, 0.5) is 5.82 Å². The van der Waals surface area contributed by atoms with Gasteiger partial charge < -0.3 is 4.90 Å². The van der Waals surface area contributed by atoms with Crippen LogP contribution in [0.5, 0.6) is 0 Å². The Morgan fingerprint density at radius 1 is 1.37 bits per heavy atom. The van der Waals surface area contributed by atoms with E-state index in [2.05, 4.69) is 30.3 Å². The largest absolute Gasteiger partial charge is 0.350 e. The van der Waals surface area contributed by atoms with Crippen molar-refractivity contribution in [2.45, 2.75) is 19.9 Å². The summed E-state index contributed by atoms with van der Waals surface area (Å²) in [6.07, 6.45) is 2.69. The SMILES string of the molecule is C=CCN(c1nc2ccccc2cc1C=O)C(C)C. The molecule has 0 bridgehead atoms. The molecule has 0 saturated heterocycles. The number of hydrogen-bond donors (Lipinski definition) is 0. The lowest BCUT2D eigenvalue weighted by atomic mass is 10.1. The van der Waals surface area contributed by atoms with Gasteiger partial charge in [0.05, 0.1) is 11.1 Å². The summed E-state index contributed by atoms with van der Waals surface area (Å²) in [5.74, 6) is 0.726. The van der Waals surface area contributed by atoms with Gasteiger partial charge in [-0.15, -0.1) is 6.58 Å². The summed E-state index contributed by atoms with van der Waals surface area (Å²) in [5, 5.41) is 0.982. The molecule has 3 heteroatoms. The van der Waals surface area contributed by atoms with Crippen LogP contribution in [-0.4, -0.2) is 23.9 Å². The molecule has 2 rings (SSSR count). The van der Waals surface area contributed by atoms with Gasteiger partial charge in [-0.1, -0.05) is 24.3 Å². The highest BCUT2D eigenvalue weighted by Gasteiger charge is 2.15. The number of para-hydroxylation sites is 1. The van der Waals surface area contributed by atoms with Gasteiger partial charge >= 0.3 is 0 Å². The third-order valence-corrected chi connectivity index (χ3v) is 3.08. The quantitative estimate of drug-likeness (QED) is 0.605. The lowest BCUT2D eigenvalue weighted by molar-refractivity contribution is 0.112. The second kappa shape index (κ2) is 5.65. The van der Waals surface area contributed by atoms with E-state index in [0.29, 0.717) is 12.1 Å². The number of aromatic nitrogens is 1. The van der Waals surface area contributed by atoms with E-state index in [0.717, 1.165) is 23.0 Å². The van der Waals surface area contributed by atoms with Crippen molar-refractivity contribution < 1.29 is 4.79 Å². The minimum atomic E-state index is 0.255. The van der Waals surface area contributed by atoms with Crippen molar-refractivity contribution in [1.82, 2.24) is 4.98 Å². The third kappa shape index (κ3) is 2.65. The Kier molecular flexibility index (Phi) is 3.95. The Bertz CT molecular complexity index is 605. The molecule has 2 aromatic rings. The van der Waals surface area contributed by atoms with E-state index < -0.39 is 0 Å². The maximum Gasteiger partial charge on any atom is 0.153 e. The zero-order valence-corrected chi connectivity index (χ0v) is 11.3. The molecular weight excluding hydrogens is 236 g/mol. The average Bonchev–Trinajstić information content (AvgIpc) is 2.43. The second-order valence-corrected chi connectivity index (χ2v) is 4.75. The first kappa shape index (κ1) is 13.3.